The number of carbonyl (C=O) groups is 3. The maximum absolute atomic E-state index is 12.4. The van der Waals surface area contributed by atoms with Gasteiger partial charge in [0.25, 0.3) is 0 Å². The molecule has 0 aliphatic rings. The fourth-order valence-corrected chi connectivity index (χ4v) is 2.71. The van der Waals surface area contributed by atoms with Crippen LogP contribution in [0.15, 0.2) is 60.7 Å². The number of anilines is 1. The highest BCUT2D eigenvalue weighted by Crippen LogP contribution is 2.15. The van der Waals surface area contributed by atoms with Crippen LogP contribution in [0.3, 0.4) is 0 Å². The van der Waals surface area contributed by atoms with E-state index in [4.69, 9.17) is 4.74 Å². The first-order valence-corrected chi connectivity index (χ1v) is 9.21. The standard InChI is InChI=1S/C22H25NO4/c1-2-23(19-13-7-4-8-14-19)21(25)16-10-9-15-20(24)22(26)27-17-18-11-5-3-6-12-18/h3-8,11-14H,2,9-10,15-17H2,1H3. The highest BCUT2D eigenvalue weighted by molar-refractivity contribution is 6.33. The topological polar surface area (TPSA) is 63.7 Å². The fraction of sp³-hybridized carbons (Fsp3) is 0.318. The molecule has 1 amide bonds. The molecule has 0 unspecified atom stereocenters. The van der Waals surface area contributed by atoms with Gasteiger partial charge >= 0.3 is 5.97 Å². The number of carbonyl (C=O) groups excluding carboxylic acids is 3. The Balaban J connectivity index is 1.68. The van der Waals surface area contributed by atoms with Crippen LogP contribution in [-0.4, -0.2) is 24.2 Å². The molecule has 0 aromatic heterocycles. The SMILES string of the molecule is CCN(C(=O)CCCCC(=O)C(=O)OCc1ccccc1)c1ccccc1. The number of para-hydroxylation sites is 1. The molecule has 2 aromatic carbocycles. The zero-order chi connectivity index (χ0) is 19.5. The highest BCUT2D eigenvalue weighted by Gasteiger charge is 2.17. The molecule has 2 aromatic rings. The molecule has 0 fully saturated rings. The molecule has 142 valence electrons. The Kier molecular flexibility index (Phi) is 8.23. The summed E-state index contributed by atoms with van der Waals surface area (Å²) in [5.41, 5.74) is 1.70. The van der Waals surface area contributed by atoms with Gasteiger partial charge in [-0.05, 0) is 37.5 Å². The number of nitrogens with zero attached hydrogens (tertiary/aromatic N) is 1. The van der Waals surface area contributed by atoms with Crippen LogP contribution in [0.5, 0.6) is 0 Å². The Bertz CT molecular complexity index is 743. The van der Waals surface area contributed by atoms with E-state index in [-0.39, 0.29) is 18.9 Å². The lowest BCUT2D eigenvalue weighted by molar-refractivity contribution is -0.154. The predicted molar refractivity (Wildman–Crippen MR) is 104 cm³/mol. The van der Waals surface area contributed by atoms with Gasteiger partial charge in [0, 0.05) is 25.1 Å². The molecule has 5 heteroatoms. The number of hydrogen-bond donors (Lipinski definition) is 0. The summed E-state index contributed by atoms with van der Waals surface area (Å²) in [5, 5.41) is 0. The van der Waals surface area contributed by atoms with Crippen molar-refractivity contribution >= 4 is 23.3 Å². The summed E-state index contributed by atoms with van der Waals surface area (Å²) in [6, 6.07) is 18.7. The molecular formula is C22H25NO4. The summed E-state index contributed by atoms with van der Waals surface area (Å²) in [4.78, 5) is 37.7. The minimum absolute atomic E-state index is 0.0165. The lowest BCUT2D eigenvalue weighted by Crippen LogP contribution is -2.30. The average molecular weight is 367 g/mol. The Labute approximate surface area is 159 Å². The zero-order valence-corrected chi connectivity index (χ0v) is 15.6. The number of unbranched alkanes of at least 4 members (excludes halogenated alkanes) is 1. The largest absolute Gasteiger partial charge is 0.455 e. The maximum Gasteiger partial charge on any atom is 0.374 e. The molecule has 0 bridgehead atoms. The monoisotopic (exact) mass is 367 g/mol. The van der Waals surface area contributed by atoms with E-state index in [1.165, 1.54) is 0 Å². The van der Waals surface area contributed by atoms with Crippen molar-refractivity contribution in [3.8, 4) is 0 Å². The van der Waals surface area contributed by atoms with Gasteiger partial charge in [0.2, 0.25) is 11.7 Å². The average Bonchev–Trinajstić information content (AvgIpc) is 2.71. The van der Waals surface area contributed by atoms with E-state index < -0.39 is 11.8 Å². The summed E-state index contributed by atoms with van der Waals surface area (Å²) in [6.45, 7) is 2.61. The van der Waals surface area contributed by atoms with E-state index in [1.807, 2.05) is 67.6 Å². The molecule has 0 aliphatic carbocycles. The first-order valence-electron chi connectivity index (χ1n) is 9.21. The molecule has 0 saturated heterocycles. The van der Waals surface area contributed by atoms with Crippen LogP contribution in [0.1, 0.15) is 38.2 Å². The van der Waals surface area contributed by atoms with Crippen LogP contribution < -0.4 is 4.90 Å². The van der Waals surface area contributed by atoms with Crippen molar-refractivity contribution in [2.24, 2.45) is 0 Å². The molecule has 0 aliphatic heterocycles. The third-order valence-electron chi connectivity index (χ3n) is 4.17. The summed E-state index contributed by atoms with van der Waals surface area (Å²) in [5.74, 6) is -1.35. The second-order valence-electron chi connectivity index (χ2n) is 6.17. The number of ether oxygens (including phenoxy) is 1. The molecule has 5 nitrogen and oxygen atoms in total. The highest BCUT2D eigenvalue weighted by atomic mass is 16.5. The predicted octanol–water partition coefficient (Wildman–Crippen LogP) is 3.91. The summed E-state index contributed by atoms with van der Waals surface area (Å²) in [7, 11) is 0. The van der Waals surface area contributed by atoms with E-state index >= 15 is 0 Å². The van der Waals surface area contributed by atoms with Gasteiger partial charge in [-0.3, -0.25) is 9.59 Å². The quantitative estimate of drug-likeness (QED) is 0.363. The third kappa shape index (κ3) is 6.70. The molecule has 0 heterocycles. The Morgan fingerprint density at radius 1 is 0.852 bits per heavy atom. The minimum atomic E-state index is -0.815. The van der Waals surface area contributed by atoms with Gasteiger partial charge in [-0.2, -0.15) is 0 Å². The molecule has 0 atom stereocenters. The summed E-state index contributed by atoms with van der Waals surface area (Å²) >= 11 is 0. The Morgan fingerprint density at radius 3 is 2.07 bits per heavy atom. The van der Waals surface area contributed by atoms with Crippen molar-refractivity contribution in [2.45, 2.75) is 39.2 Å². The number of amides is 1. The molecule has 0 radical (unpaired) electrons. The van der Waals surface area contributed by atoms with Crippen molar-refractivity contribution in [3.63, 3.8) is 0 Å². The first kappa shape index (κ1) is 20.4. The van der Waals surface area contributed by atoms with E-state index in [1.54, 1.807) is 4.90 Å². The molecule has 0 spiro atoms. The van der Waals surface area contributed by atoms with E-state index in [0.717, 1.165) is 11.3 Å². The Hall–Kier alpha value is -2.95. The van der Waals surface area contributed by atoms with Crippen LogP contribution in [0.4, 0.5) is 5.69 Å². The first-order chi connectivity index (χ1) is 13.1. The molecular weight excluding hydrogens is 342 g/mol. The number of Topliss-reactive ketones (excluding diaryl/α,β-unsaturated/α-hetero) is 1. The van der Waals surface area contributed by atoms with Crippen molar-refractivity contribution in [1.82, 2.24) is 0 Å². The second kappa shape index (κ2) is 10.9. The van der Waals surface area contributed by atoms with Crippen LogP contribution >= 0.6 is 0 Å². The van der Waals surface area contributed by atoms with Gasteiger partial charge < -0.3 is 9.64 Å². The van der Waals surface area contributed by atoms with E-state index in [2.05, 4.69) is 0 Å². The number of rotatable bonds is 10. The summed E-state index contributed by atoms with van der Waals surface area (Å²) in [6.07, 6.45) is 1.48. The van der Waals surface area contributed by atoms with E-state index in [9.17, 15) is 14.4 Å². The van der Waals surface area contributed by atoms with Crippen molar-refractivity contribution in [1.29, 1.82) is 0 Å². The van der Waals surface area contributed by atoms with Crippen molar-refractivity contribution in [3.05, 3.63) is 66.2 Å². The number of ketones is 1. The lowest BCUT2D eigenvalue weighted by atomic mass is 10.1. The van der Waals surface area contributed by atoms with Crippen molar-refractivity contribution < 1.29 is 19.1 Å². The van der Waals surface area contributed by atoms with Gasteiger partial charge in [0.1, 0.15) is 6.61 Å². The van der Waals surface area contributed by atoms with Crippen LogP contribution in [-0.2, 0) is 25.7 Å². The molecule has 27 heavy (non-hydrogen) atoms. The summed E-state index contributed by atoms with van der Waals surface area (Å²) < 4.78 is 5.02. The molecule has 0 saturated carbocycles. The Morgan fingerprint density at radius 2 is 1.44 bits per heavy atom. The number of hydrogen-bond acceptors (Lipinski definition) is 4. The fourth-order valence-electron chi connectivity index (χ4n) is 2.71. The van der Waals surface area contributed by atoms with Gasteiger partial charge in [0.05, 0.1) is 0 Å². The normalized spacial score (nSPS) is 10.3. The van der Waals surface area contributed by atoms with Crippen LogP contribution in [0.2, 0.25) is 0 Å². The van der Waals surface area contributed by atoms with Crippen LogP contribution in [0, 0.1) is 0 Å². The molecule has 2 rings (SSSR count). The van der Waals surface area contributed by atoms with Crippen LogP contribution in [0.25, 0.3) is 0 Å². The number of esters is 1. The smallest absolute Gasteiger partial charge is 0.374 e. The zero-order valence-electron chi connectivity index (χ0n) is 15.6. The van der Waals surface area contributed by atoms with Gasteiger partial charge in [-0.15, -0.1) is 0 Å². The van der Waals surface area contributed by atoms with Gasteiger partial charge in [-0.25, -0.2) is 4.79 Å². The minimum Gasteiger partial charge on any atom is -0.455 e. The van der Waals surface area contributed by atoms with Gasteiger partial charge in [-0.1, -0.05) is 48.5 Å². The van der Waals surface area contributed by atoms with E-state index in [0.29, 0.717) is 25.8 Å². The van der Waals surface area contributed by atoms with Crippen molar-refractivity contribution in [2.75, 3.05) is 11.4 Å². The maximum atomic E-state index is 12.4. The third-order valence-corrected chi connectivity index (χ3v) is 4.17. The second-order valence-corrected chi connectivity index (χ2v) is 6.17. The molecule has 0 N–H and O–H groups in total. The number of benzene rings is 2. The lowest BCUT2D eigenvalue weighted by Gasteiger charge is -2.20. The van der Waals surface area contributed by atoms with Gasteiger partial charge in [0.15, 0.2) is 0 Å².